The van der Waals surface area contributed by atoms with Gasteiger partial charge < -0.3 is 4.74 Å². The summed E-state index contributed by atoms with van der Waals surface area (Å²) in [7, 11) is 0. The second-order valence-electron chi connectivity index (χ2n) is 6.25. The largest absolute Gasteiger partial charge is 0.458 e. The van der Waals surface area contributed by atoms with Crippen molar-refractivity contribution in [2.24, 2.45) is 23.7 Å². The molecule has 0 radical (unpaired) electrons. The average molecular weight is 254 g/mol. The smallest absolute Gasteiger partial charge is 0.316 e. The molecule has 4 bridgehead atoms. The fourth-order valence-electron chi connectivity index (χ4n) is 5.04. The minimum atomic E-state index is -0.132. The van der Waals surface area contributed by atoms with Gasteiger partial charge in [-0.2, -0.15) is 12.6 Å². The van der Waals surface area contributed by atoms with Crippen molar-refractivity contribution < 1.29 is 9.53 Å². The Morgan fingerprint density at radius 3 is 2.12 bits per heavy atom. The minimum Gasteiger partial charge on any atom is -0.458 e. The number of carbonyl (C=O) groups is 1. The first-order valence-corrected chi connectivity index (χ1v) is 7.64. The Bertz CT molecular complexity index is 298. The molecule has 4 aliphatic rings. The minimum absolute atomic E-state index is 0.123. The van der Waals surface area contributed by atoms with E-state index in [1.807, 2.05) is 0 Å². The van der Waals surface area contributed by atoms with Crippen LogP contribution < -0.4 is 0 Å². The molecular formula is C14H22O2S. The summed E-state index contributed by atoms with van der Waals surface area (Å²) in [5.74, 6) is 3.20. The lowest BCUT2D eigenvalue weighted by molar-refractivity contribution is -0.208. The van der Waals surface area contributed by atoms with Crippen molar-refractivity contribution in [3.8, 4) is 0 Å². The van der Waals surface area contributed by atoms with Crippen LogP contribution in [0.3, 0.4) is 0 Å². The molecule has 96 valence electrons. The zero-order valence-corrected chi connectivity index (χ0v) is 11.4. The number of rotatable bonds is 3. The molecule has 0 unspecified atom stereocenters. The van der Waals surface area contributed by atoms with E-state index in [2.05, 4.69) is 19.6 Å². The van der Waals surface area contributed by atoms with E-state index in [-0.39, 0.29) is 17.3 Å². The number of esters is 1. The van der Waals surface area contributed by atoms with Gasteiger partial charge in [0.1, 0.15) is 5.60 Å². The standard InChI is InChI=1S/C14H22O2S/c1-2-14(16-13(15)8-17)11-4-9-3-10(6-11)7-12(14)5-9/h9-12,17H,2-8H2,1H3. The van der Waals surface area contributed by atoms with Crippen molar-refractivity contribution in [3.63, 3.8) is 0 Å². The van der Waals surface area contributed by atoms with E-state index in [4.69, 9.17) is 4.74 Å². The van der Waals surface area contributed by atoms with Gasteiger partial charge in [0.25, 0.3) is 0 Å². The third-order valence-electron chi connectivity index (χ3n) is 5.51. The molecule has 0 aliphatic heterocycles. The van der Waals surface area contributed by atoms with Crippen molar-refractivity contribution in [1.82, 2.24) is 0 Å². The predicted molar refractivity (Wildman–Crippen MR) is 70.0 cm³/mol. The number of hydrogen-bond donors (Lipinski definition) is 1. The Hall–Kier alpha value is -0.180. The van der Waals surface area contributed by atoms with Crippen LogP contribution in [0.1, 0.15) is 45.4 Å². The fourth-order valence-corrected chi connectivity index (χ4v) is 5.11. The number of ether oxygens (including phenoxy) is 1. The van der Waals surface area contributed by atoms with Crippen LogP contribution in [0.4, 0.5) is 0 Å². The third-order valence-corrected chi connectivity index (χ3v) is 5.76. The van der Waals surface area contributed by atoms with Crippen molar-refractivity contribution in [1.29, 1.82) is 0 Å². The normalized spacial score (nSPS) is 47.2. The lowest BCUT2D eigenvalue weighted by Gasteiger charge is -2.60. The molecule has 0 amide bonds. The van der Waals surface area contributed by atoms with Gasteiger partial charge in [-0.1, -0.05) is 6.92 Å². The number of hydrogen-bond acceptors (Lipinski definition) is 3. The van der Waals surface area contributed by atoms with E-state index < -0.39 is 0 Å². The lowest BCUT2D eigenvalue weighted by Crippen LogP contribution is -2.59. The molecule has 0 aromatic carbocycles. The molecule has 0 N–H and O–H groups in total. The second-order valence-corrected chi connectivity index (χ2v) is 6.56. The van der Waals surface area contributed by atoms with Crippen molar-refractivity contribution in [3.05, 3.63) is 0 Å². The molecule has 3 heteroatoms. The van der Waals surface area contributed by atoms with E-state index in [1.54, 1.807) is 0 Å². The number of carbonyl (C=O) groups excluding carboxylic acids is 1. The summed E-state index contributed by atoms with van der Waals surface area (Å²) in [5, 5.41) is 0. The van der Waals surface area contributed by atoms with Crippen LogP contribution in [-0.2, 0) is 9.53 Å². The first-order valence-electron chi connectivity index (χ1n) is 7.00. The Morgan fingerprint density at radius 1 is 1.18 bits per heavy atom. The molecule has 4 fully saturated rings. The SMILES string of the molecule is CCC1(OC(=O)CS)C2CC3CC(C2)CC1C3. The van der Waals surface area contributed by atoms with Crippen molar-refractivity contribution >= 4 is 18.6 Å². The highest BCUT2D eigenvalue weighted by Gasteiger charge is 2.58. The van der Waals surface area contributed by atoms with Crippen LogP contribution in [0, 0.1) is 23.7 Å². The van der Waals surface area contributed by atoms with Crippen LogP contribution >= 0.6 is 12.6 Å². The molecule has 0 saturated heterocycles. The Kier molecular flexibility index (Phi) is 2.92. The van der Waals surface area contributed by atoms with E-state index in [1.165, 1.54) is 32.1 Å². The maximum atomic E-state index is 11.7. The summed E-state index contributed by atoms with van der Waals surface area (Å²) in [6.45, 7) is 2.19. The van der Waals surface area contributed by atoms with E-state index in [9.17, 15) is 4.79 Å². The highest BCUT2D eigenvalue weighted by Crippen LogP contribution is 2.60. The molecule has 0 spiro atoms. The van der Waals surface area contributed by atoms with Gasteiger partial charge in [0.15, 0.2) is 0 Å². The van der Waals surface area contributed by atoms with Crippen LogP contribution in [0.15, 0.2) is 0 Å². The van der Waals surface area contributed by atoms with Crippen LogP contribution in [0.25, 0.3) is 0 Å². The maximum Gasteiger partial charge on any atom is 0.316 e. The summed E-state index contributed by atoms with van der Waals surface area (Å²) < 4.78 is 5.90. The van der Waals surface area contributed by atoms with Crippen LogP contribution in [-0.4, -0.2) is 17.3 Å². The van der Waals surface area contributed by atoms with E-state index in [0.29, 0.717) is 11.8 Å². The summed E-state index contributed by atoms with van der Waals surface area (Å²) in [4.78, 5) is 11.7. The van der Waals surface area contributed by atoms with Gasteiger partial charge >= 0.3 is 5.97 Å². The molecule has 17 heavy (non-hydrogen) atoms. The Balaban J connectivity index is 1.86. The first-order chi connectivity index (χ1) is 8.18. The van der Waals surface area contributed by atoms with Crippen molar-refractivity contribution in [2.75, 3.05) is 5.75 Å². The molecule has 0 aromatic heterocycles. The highest BCUT2D eigenvalue weighted by molar-refractivity contribution is 7.81. The summed E-state index contributed by atoms with van der Waals surface area (Å²) in [5.41, 5.74) is -0.132. The van der Waals surface area contributed by atoms with Gasteiger partial charge in [0.05, 0.1) is 5.75 Å². The second kappa shape index (κ2) is 4.18. The van der Waals surface area contributed by atoms with E-state index >= 15 is 0 Å². The van der Waals surface area contributed by atoms with E-state index in [0.717, 1.165) is 18.3 Å². The van der Waals surface area contributed by atoms with Gasteiger partial charge in [-0.3, -0.25) is 4.79 Å². The van der Waals surface area contributed by atoms with Crippen LogP contribution in [0.5, 0.6) is 0 Å². The Labute approximate surface area is 109 Å². The molecule has 4 aliphatic carbocycles. The average Bonchev–Trinajstić information content (AvgIpc) is 2.33. The Morgan fingerprint density at radius 2 is 1.71 bits per heavy atom. The first kappa shape index (κ1) is 11.9. The van der Waals surface area contributed by atoms with Gasteiger partial charge in [-0.25, -0.2) is 0 Å². The summed E-state index contributed by atoms with van der Waals surface area (Å²) in [6.07, 6.45) is 7.59. The molecule has 2 nitrogen and oxygen atoms in total. The molecule has 0 atom stereocenters. The third kappa shape index (κ3) is 1.73. The molecule has 4 rings (SSSR count). The fraction of sp³-hybridized carbons (Fsp3) is 0.929. The zero-order valence-electron chi connectivity index (χ0n) is 10.5. The number of thiol groups is 1. The van der Waals surface area contributed by atoms with Gasteiger partial charge in [-0.15, -0.1) is 0 Å². The summed E-state index contributed by atoms with van der Waals surface area (Å²) >= 11 is 4.05. The van der Waals surface area contributed by atoms with Gasteiger partial charge in [-0.05, 0) is 62.2 Å². The lowest BCUT2D eigenvalue weighted by atomic mass is 9.49. The quantitative estimate of drug-likeness (QED) is 0.619. The predicted octanol–water partition coefficient (Wildman–Crippen LogP) is 3.06. The van der Waals surface area contributed by atoms with Gasteiger partial charge in [0.2, 0.25) is 0 Å². The van der Waals surface area contributed by atoms with Gasteiger partial charge in [0, 0.05) is 0 Å². The monoisotopic (exact) mass is 254 g/mol. The molecule has 4 saturated carbocycles. The topological polar surface area (TPSA) is 26.3 Å². The highest BCUT2D eigenvalue weighted by atomic mass is 32.1. The van der Waals surface area contributed by atoms with Crippen LogP contribution in [0.2, 0.25) is 0 Å². The molecular weight excluding hydrogens is 232 g/mol. The maximum absolute atomic E-state index is 11.7. The zero-order chi connectivity index (χ0) is 12.0. The molecule has 0 aromatic rings. The summed E-state index contributed by atoms with van der Waals surface area (Å²) in [6, 6.07) is 0. The molecule has 0 heterocycles. The van der Waals surface area contributed by atoms with Crippen molar-refractivity contribution in [2.45, 2.75) is 51.0 Å².